The van der Waals surface area contributed by atoms with Gasteiger partial charge in [-0.25, -0.2) is 0 Å². The summed E-state index contributed by atoms with van der Waals surface area (Å²) in [4.78, 5) is 12.5. The molecule has 0 aromatic carbocycles. The Hall–Kier alpha value is -0.910. The Balaban J connectivity index is 3.60. The molecule has 0 saturated heterocycles. The third kappa shape index (κ3) is 35.5. The molecule has 50 heavy (non-hydrogen) atoms. The maximum atomic E-state index is 12.5. The molecule has 0 bridgehead atoms. The van der Waals surface area contributed by atoms with Crippen molar-refractivity contribution >= 4 is 5.91 Å². The predicted octanol–water partition coefficient (Wildman–Crippen LogP) is 12.8. The quantitative estimate of drug-likeness (QED) is 0.0376. The summed E-state index contributed by atoms with van der Waals surface area (Å²) in [6, 6.07) is -0.711. The summed E-state index contributed by atoms with van der Waals surface area (Å²) < 4.78 is 0. The van der Waals surface area contributed by atoms with Gasteiger partial charge in [0.05, 0.1) is 18.8 Å². The number of carbonyl (C=O) groups excluding carboxylic acids is 1. The van der Waals surface area contributed by atoms with Crippen LogP contribution in [-0.4, -0.2) is 46.1 Å². The van der Waals surface area contributed by atoms with Crippen molar-refractivity contribution in [1.82, 2.24) is 5.32 Å². The molecule has 298 valence electrons. The third-order valence-electron chi connectivity index (χ3n) is 10.6. The maximum Gasteiger partial charge on any atom is 0.249 e. The number of rotatable bonds is 41. The molecule has 0 fully saturated rings. The Bertz CT molecular complexity index is 699. The zero-order valence-electron chi connectivity index (χ0n) is 33.8. The predicted molar refractivity (Wildman–Crippen MR) is 218 cm³/mol. The average molecular weight is 708 g/mol. The Kier molecular flexibility index (Phi) is 40.1. The monoisotopic (exact) mass is 708 g/mol. The Morgan fingerprint density at radius 2 is 0.760 bits per heavy atom. The van der Waals surface area contributed by atoms with Gasteiger partial charge in [0.15, 0.2) is 0 Å². The van der Waals surface area contributed by atoms with Gasteiger partial charge >= 0.3 is 0 Å². The highest BCUT2D eigenvalue weighted by atomic mass is 16.3. The Labute approximate surface area is 312 Å². The van der Waals surface area contributed by atoms with Crippen molar-refractivity contribution in [3.63, 3.8) is 0 Å². The molecule has 0 saturated carbocycles. The molecule has 0 aromatic rings. The van der Waals surface area contributed by atoms with E-state index in [1.165, 1.54) is 186 Å². The largest absolute Gasteiger partial charge is 0.394 e. The van der Waals surface area contributed by atoms with Gasteiger partial charge in [-0.3, -0.25) is 4.79 Å². The van der Waals surface area contributed by atoms with Crippen molar-refractivity contribution < 1.29 is 20.1 Å². The SMILES string of the molecule is CCCCCCCC/C=C\CCCCCCCCC(O)C(=O)NC(CO)C(O)CCCCCCCCCCCCCCCCCCCCCC. The molecular formula is C45H89NO4. The molecule has 3 unspecified atom stereocenters. The number of hydrogen-bond acceptors (Lipinski definition) is 4. The van der Waals surface area contributed by atoms with E-state index >= 15 is 0 Å². The minimum atomic E-state index is -1.08. The van der Waals surface area contributed by atoms with Crippen LogP contribution in [-0.2, 0) is 4.79 Å². The molecule has 4 N–H and O–H groups in total. The summed E-state index contributed by atoms with van der Waals surface area (Å²) in [5, 5.41) is 33.3. The van der Waals surface area contributed by atoms with Crippen molar-refractivity contribution in [2.45, 2.75) is 263 Å². The van der Waals surface area contributed by atoms with Gasteiger partial charge in [-0.2, -0.15) is 0 Å². The molecular weight excluding hydrogens is 618 g/mol. The number of carbonyl (C=O) groups is 1. The molecule has 0 aromatic heterocycles. The summed E-state index contributed by atoms with van der Waals surface area (Å²) >= 11 is 0. The summed E-state index contributed by atoms with van der Waals surface area (Å²) in [5.41, 5.74) is 0. The lowest BCUT2D eigenvalue weighted by atomic mass is 10.0. The number of aliphatic hydroxyl groups excluding tert-OH is 3. The van der Waals surface area contributed by atoms with Crippen LogP contribution in [0.4, 0.5) is 0 Å². The summed E-state index contributed by atoms with van der Waals surface area (Å²) in [7, 11) is 0. The summed E-state index contributed by atoms with van der Waals surface area (Å²) in [6.45, 7) is 4.24. The molecule has 0 heterocycles. The summed E-state index contributed by atoms with van der Waals surface area (Å²) in [6.07, 6.45) is 47.8. The van der Waals surface area contributed by atoms with Crippen LogP contribution < -0.4 is 5.32 Å². The van der Waals surface area contributed by atoms with Gasteiger partial charge < -0.3 is 20.6 Å². The minimum absolute atomic E-state index is 0.312. The third-order valence-corrected chi connectivity index (χ3v) is 10.6. The zero-order valence-corrected chi connectivity index (χ0v) is 33.8. The highest BCUT2D eigenvalue weighted by molar-refractivity contribution is 5.80. The second-order valence-electron chi connectivity index (χ2n) is 15.6. The molecule has 5 nitrogen and oxygen atoms in total. The molecule has 0 aliphatic carbocycles. The number of amides is 1. The first kappa shape index (κ1) is 49.1. The van der Waals surface area contributed by atoms with Crippen LogP contribution in [0.1, 0.15) is 245 Å². The van der Waals surface area contributed by atoms with E-state index in [0.717, 1.165) is 32.1 Å². The van der Waals surface area contributed by atoms with E-state index in [9.17, 15) is 20.1 Å². The number of hydrogen-bond donors (Lipinski definition) is 4. The molecule has 5 heteroatoms. The van der Waals surface area contributed by atoms with E-state index in [4.69, 9.17) is 0 Å². The molecule has 0 aliphatic rings. The van der Waals surface area contributed by atoms with Crippen molar-refractivity contribution in [2.75, 3.05) is 6.61 Å². The van der Waals surface area contributed by atoms with Crippen LogP contribution in [0.15, 0.2) is 12.2 Å². The molecule has 0 aliphatic heterocycles. The molecule has 1 amide bonds. The van der Waals surface area contributed by atoms with Gasteiger partial charge in [0.1, 0.15) is 6.10 Å². The van der Waals surface area contributed by atoms with Gasteiger partial charge in [0.2, 0.25) is 5.91 Å². The van der Waals surface area contributed by atoms with Crippen molar-refractivity contribution in [3.8, 4) is 0 Å². The van der Waals surface area contributed by atoms with E-state index < -0.39 is 24.2 Å². The lowest BCUT2D eigenvalue weighted by Gasteiger charge is -2.23. The number of nitrogens with one attached hydrogen (secondary N) is 1. The second kappa shape index (κ2) is 40.9. The first-order valence-electron chi connectivity index (χ1n) is 22.5. The fraction of sp³-hybridized carbons (Fsp3) is 0.933. The number of aliphatic hydroxyl groups is 3. The van der Waals surface area contributed by atoms with Gasteiger partial charge in [-0.05, 0) is 38.5 Å². The fourth-order valence-corrected chi connectivity index (χ4v) is 7.07. The normalized spacial score (nSPS) is 13.6. The lowest BCUT2D eigenvalue weighted by molar-refractivity contribution is -0.131. The van der Waals surface area contributed by atoms with E-state index in [-0.39, 0.29) is 6.61 Å². The average Bonchev–Trinajstić information content (AvgIpc) is 3.12. The zero-order chi connectivity index (χ0) is 36.6. The molecule has 3 atom stereocenters. The van der Waals surface area contributed by atoms with Crippen LogP contribution in [0.2, 0.25) is 0 Å². The highest BCUT2D eigenvalue weighted by Crippen LogP contribution is 2.16. The molecule has 0 spiro atoms. The van der Waals surface area contributed by atoms with Crippen LogP contribution >= 0.6 is 0 Å². The molecule has 0 rings (SSSR count). The fourth-order valence-electron chi connectivity index (χ4n) is 7.07. The van der Waals surface area contributed by atoms with Gasteiger partial charge in [-0.15, -0.1) is 0 Å². The Morgan fingerprint density at radius 3 is 1.10 bits per heavy atom. The summed E-state index contributed by atoms with van der Waals surface area (Å²) in [5.74, 6) is -0.473. The highest BCUT2D eigenvalue weighted by Gasteiger charge is 2.23. The van der Waals surface area contributed by atoms with Gasteiger partial charge in [0.25, 0.3) is 0 Å². The minimum Gasteiger partial charge on any atom is -0.394 e. The van der Waals surface area contributed by atoms with Crippen molar-refractivity contribution in [2.24, 2.45) is 0 Å². The standard InChI is InChI=1S/C45H89NO4/c1-3-5-7-9-11-13-15-17-19-21-22-23-24-26-27-29-31-33-35-37-39-43(48)42(41-47)46-45(50)44(49)40-38-36-34-32-30-28-25-20-18-16-14-12-10-8-6-4-2/h18,20,42-44,47-49H,3-17,19,21-41H2,1-2H3,(H,46,50)/b20-18-. The smallest absolute Gasteiger partial charge is 0.249 e. The topological polar surface area (TPSA) is 89.8 Å². The van der Waals surface area contributed by atoms with E-state index in [1.54, 1.807) is 0 Å². The first-order chi connectivity index (χ1) is 24.6. The van der Waals surface area contributed by atoms with Crippen LogP contribution in [0.25, 0.3) is 0 Å². The van der Waals surface area contributed by atoms with Crippen molar-refractivity contribution in [3.05, 3.63) is 12.2 Å². The van der Waals surface area contributed by atoms with Gasteiger partial charge in [0, 0.05) is 0 Å². The van der Waals surface area contributed by atoms with E-state index in [2.05, 4.69) is 31.3 Å². The number of unbranched alkanes of at least 4 members (excludes halogenated alkanes) is 31. The van der Waals surface area contributed by atoms with Crippen LogP contribution in [0.5, 0.6) is 0 Å². The second-order valence-corrected chi connectivity index (χ2v) is 15.6. The maximum absolute atomic E-state index is 12.5. The van der Waals surface area contributed by atoms with E-state index in [0.29, 0.717) is 12.8 Å². The van der Waals surface area contributed by atoms with E-state index in [1.807, 2.05) is 0 Å². The Morgan fingerprint density at radius 1 is 0.460 bits per heavy atom. The first-order valence-corrected chi connectivity index (χ1v) is 22.5. The van der Waals surface area contributed by atoms with Crippen LogP contribution in [0.3, 0.4) is 0 Å². The van der Waals surface area contributed by atoms with Gasteiger partial charge in [-0.1, -0.05) is 219 Å². The van der Waals surface area contributed by atoms with Crippen molar-refractivity contribution in [1.29, 1.82) is 0 Å². The molecule has 0 radical (unpaired) electrons. The number of allylic oxidation sites excluding steroid dienone is 2. The lowest BCUT2D eigenvalue weighted by Crippen LogP contribution is -2.49. The van der Waals surface area contributed by atoms with Crippen LogP contribution in [0, 0.1) is 0 Å².